The lowest BCUT2D eigenvalue weighted by Crippen LogP contribution is -2.59. The second-order valence-corrected chi connectivity index (χ2v) is 12.6. The minimum atomic E-state index is -0.862. The standard InChI is InChI=1S/C33H33ClN6O3/c1-19-23-7-8-37-31(23)25(34)13-26(19)38-30-22(14-35)15-36-16-24(30)28-12-21-11-20(5-6-27(21)43-28)17-39-9-10-40(32(41)42)29(18-39)33(2,3)4/h5-8,11-13,15-16,29,37H,9-10,17-18H2,1-4H3,(H,36,38)(H,41,42). The van der Waals surface area contributed by atoms with E-state index >= 15 is 0 Å². The fraction of sp³-hybridized carbons (Fsp3) is 0.303. The third kappa shape index (κ3) is 5.40. The highest BCUT2D eigenvalue weighted by Gasteiger charge is 2.37. The number of pyridine rings is 1. The van der Waals surface area contributed by atoms with Crippen LogP contribution in [0.15, 0.2) is 59.4 Å². The molecule has 5 aromatic rings. The van der Waals surface area contributed by atoms with Crippen LogP contribution in [0.25, 0.3) is 33.2 Å². The predicted octanol–water partition coefficient (Wildman–Crippen LogP) is 7.76. The maximum absolute atomic E-state index is 11.8. The molecule has 9 nitrogen and oxygen atoms in total. The van der Waals surface area contributed by atoms with E-state index in [1.807, 2.05) is 43.5 Å². The van der Waals surface area contributed by atoms with Crippen molar-refractivity contribution in [2.75, 3.05) is 25.0 Å². The van der Waals surface area contributed by atoms with Gasteiger partial charge in [0.05, 0.1) is 33.4 Å². The van der Waals surface area contributed by atoms with Crippen molar-refractivity contribution < 1.29 is 14.3 Å². The highest BCUT2D eigenvalue weighted by atomic mass is 35.5. The molecule has 0 spiro atoms. The van der Waals surface area contributed by atoms with E-state index in [1.54, 1.807) is 11.1 Å². The summed E-state index contributed by atoms with van der Waals surface area (Å²) in [7, 11) is 0. The number of halogens is 1. The Morgan fingerprint density at radius 2 is 2.05 bits per heavy atom. The van der Waals surface area contributed by atoms with Gasteiger partial charge in [0.25, 0.3) is 0 Å². The molecule has 220 valence electrons. The van der Waals surface area contributed by atoms with Gasteiger partial charge in [-0.3, -0.25) is 9.88 Å². The minimum absolute atomic E-state index is 0.0923. The van der Waals surface area contributed by atoms with E-state index in [9.17, 15) is 15.2 Å². The Hall–Kier alpha value is -4.52. The van der Waals surface area contributed by atoms with Gasteiger partial charge >= 0.3 is 6.09 Å². The van der Waals surface area contributed by atoms with Crippen molar-refractivity contribution in [1.29, 1.82) is 5.26 Å². The molecule has 1 atom stereocenters. The van der Waals surface area contributed by atoms with Gasteiger partial charge < -0.3 is 24.7 Å². The van der Waals surface area contributed by atoms with Crippen LogP contribution < -0.4 is 5.32 Å². The van der Waals surface area contributed by atoms with Crippen LogP contribution in [0.5, 0.6) is 0 Å². The van der Waals surface area contributed by atoms with E-state index in [1.165, 1.54) is 6.20 Å². The van der Waals surface area contributed by atoms with Crippen LogP contribution in [-0.4, -0.2) is 56.6 Å². The number of carbonyl (C=O) groups is 1. The summed E-state index contributed by atoms with van der Waals surface area (Å²) in [6.45, 7) is 10.8. The average molecular weight is 597 g/mol. The summed E-state index contributed by atoms with van der Waals surface area (Å²) in [6.07, 6.45) is 4.22. The summed E-state index contributed by atoms with van der Waals surface area (Å²) in [4.78, 5) is 23.2. The number of H-pyrrole nitrogens is 1. The third-order valence-corrected chi connectivity index (χ3v) is 8.65. The smallest absolute Gasteiger partial charge is 0.407 e. The third-order valence-electron chi connectivity index (χ3n) is 8.35. The highest BCUT2D eigenvalue weighted by Crippen LogP contribution is 2.39. The zero-order valence-corrected chi connectivity index (χ0v) is 25.3. The van der Waals surface area contributed by atoms with E-state index in [0.29, 0.717) is 53.8 Å². The first-order valence-electron chi connectivity index (χ1n) is 14.2. The summed E-state index contributed by atoms with van der Waals surface area (Å²) in [5.41, 5.74) is 5.97. The normalized spacial score (nSPS) is 16.1. The second kappa shape index (κ2) is 11.0. The monoisotopic (exact) mass is 596 g/mol. The molecule has 2 aromatic carbocycles. The van der Waals surface area contributed by atoms with E-state index in [2.05, 4.69) is 53.1 Å². The van der Waals surface area contributed by atoms with Gasteiger partial charge in [-0.25, -0.2) is 4.79 Å². The molecule has 1 amide bonds. The summed E-state index contributed by atoms with van der Waals surface area (Å²) in [5.74, 6) is 0.591. The van der Waals surface area contributed by atoms with Crippen LogP contribution in [0.2, 0.25) is 5.02 Å². The number of anilines is 2. The molecule has 0 saturated carbocycles. The van der Waals surface area contributed by atoms with Crippen LogP contribution in [0.3, 0.4) is 0 Å². The Bertz CT molecular complexity index is 1900. The molecule has 1 fully saturated rings. The molecule has 10 heteroatoms. The second-order valence-electron chi connectivity index (χ2n) is 12.2. The molecule has 3 aromatic heterocycles. The van der Waals surface area contributed by atoms with Gasteiger partial charge in [0, 0.05) is 61.2 Å². The average Bonchev–Trinajstić information content (AvgIpc) is 3.63. The first-order valence-corrected chi connectivity index (χ1v) is 14.6. The van der Waals surface area contributed by atoms with Crippen molar-refractivity contribution in [3.05, 3.63) is 76.7 Å². The zero-order valence-electron chi connectivity index (χ0n) is 24.5. The molecular weight excluding hydrogens is 564 g/mol. The summed E-state index contributed by atoms with van der Waals surface area (Å²) < 4.78 is 6.28. The van der Waals surface area contributed by atoms with Crippen LogP contribution >= 0.6 is 11.6 Å². The number of hydrogen-bond donors (Lipinski definition) is 3. The molecule has 0 bridgehead atoms. The van der Waals surface area contributed by atoms with E-state index in [0.717, 1.165) is 38.7 Å². The number of nitrogens with zero attached hydrogens (tertiary/aromatic N) is 4. The number of nitrogens with one attached hydrogen (secondary N) is 2. The first-order chi connectivity index (χ1) is 20.5. The number of rotatable bonds is 5. The maximum Gasteiger partial charge on any atom is 0.407 e. The van der Waals surface area contributed by atoms with Gasteiger partial charge in [-0.2, -0.15) is 5.26 Å². The van der Waals surface area contributed by atoms with Crippen molar-refractivity contribution in [2.24, 2.45) is 5.41 Å². The van der Waals surface area contributed by atoms with Crippen molar-refractivity contribution >= 4 is 50.9 Å². The SMILES string of the molecule is Cc1c(Nc2c(C#N)cncc2-c2cc3cc(CN4CCN(C(=O)O)C(C(C)(C)C)C4)ccc3o2)cc(Cl)c2[nH]ccc12. The van der Waals surface area contributed by atoms with Gasteiger partial charge in [0.2, 0.25) is 0 Å². The zero-order chi connectivity index (χ0) is 30.5. The lowest BCUT2D eigenvalue weighted by Gasteiger charge is -2.46. The molecule has 0 aliphatic carbocycles. The lowest BCUT2D eigenvalue weighted by atomic mass is 9.84. The van der Waals surface area contributed by atoms with Crippen molar-refractivity contribution in [2.45, 2.75) is 40.3 Å². The number of furan rings is 1. The molecule has 3 N–H and O–H groups in total. The number of fused-ring (bicyclic) bond motifs is 2. The molecule has 1 aliphatic heterocycles. The Balaban J connectivity index is 1.30. The molecule has 4 heterocycles. The number of hydrogen-bond acceptors (Lipinski definition) is 6. The Labute approximate surface area is 254 Å². The Morgan fingerprint density at radius 3 is 2.79 bits per heavy atom. The number of aryl methyl sites for hydroxylation is 1. The molecule has 1 saturated heterocycles. The van der Waals surface area contributed by atoms with Crippen molar-refractivity contribution in [1.82, 2.24) is 19.8 Å². The number of aromatic nitrogens is 2. The van der Waals surface area contributed by atoms with Crippen LogP contribution in [0.4, 0.5) is 16.2 Å². The van der Waals surface area contributed by atoms with Gasteiger partial charge in [0.15, 0.2) is 0 Å². The minimum Gasteiger partial charge on any atom is -0.465 e. The topological polar surface area (TPSA) is 121 Å². The Kier molecular flexibility index (Phi) is 7.28. The highest BCUT2D eigenvalue weighted by molar-refractivity contribution is 6.35. The summed E-state index contributed by atoms with van der Waals surface area (Å²) >= 11 is 6.56. The number of piperazine rings is 1. The molecule has 6 rings (SSSR count). The first kappa shape index (κ1) is 28.6. The summed E-state index contributed by atoms with van der Waals surface area (Å²) in [5, 5.41) is 25.6. The van der Waals surface area contributed by atoms with Crippen molar-refractivity contribution in [3.63, 3.8) is 0 Å². The number of amides is 1. The van der Waals surface area contributed by atoms with Gasteiger partial charge in [-0.05, 0) is 53.8 Å². The quantitative estimate of drug-likeness (QED) is 0.189. The predicted molar refractivity (Wildman–Crippen MR) is 169 cm³/mol. The largest absolute Gasteiger partial charge is 0.465 e. The van der Waals surface area contributed by atoms with E-state index in [4.69, 9.17) is 16.0 Å². The molecule has 43 heavy (non-hydrogen) atoms. The molecule has 0 radical (unpaired) electrons. The van der Waals surface area contributed by atoms with E-state index in [-0.39, 0.29) is 11.5 Å². The lowest BCUT2D eigenvalue weighted by molar-refractivity contribution is 0.0190. The number of benzene rings is 2. The number of nitriles is 1. The number of carboxylic acid groups (broad SMARTS) is 1. The molecule has 1 aliphatic rings. The van der Waals surface area contributed by atoms with Crippen LogP contribution in [0, 0.1) is 23.7 Å². The molecule has 1 unspecified atom stereocenters. The summed E-state index contributed by atoms with van der Waals surface area (Å²) in [6, 6.07) is 14.1. The van der Waals surface area contributed by atoms with Crippen LogP contribution in [-0.2, 0) is 6.54 Å². The van der Waals surface area contributed by atoms with Gasteiger partial charge in [0.1, 0.15) is 17.4 Å². The Morgan fingerprint density at radius 1 is 1.23 bits per heavy atom. The fourth-order valence-electron chi connectivity index (χ4n) is 6.00. The van der Waals surface area contributed by atoms with Crippen molar-refractivity contribution in [3.8, 4) is 17.4 Å². The van der Waals surface area contributed by atoms with Gasteiger partial charge in [-0.15, -0.1) is 0 Å². The molecular formula is C33H33ClN6O3. The fourth-order valence-corrected chi connectivity index (χ4v) is 6.26. The number of aromatic amines is 1. The maximum atomic E-state index is 11.8. The van der Waals surface area contributed by atoms with E-state index < -0.39 is 6.09 Å². The van der Waals surface area contributed by atoms with Gasteiger partial charge in [-0.1, -0.05) is 38.4 Å². The van der Waals surface area contributed by atoms with Crippen LogP contribution in [0.1, 0.15) is 37.5 Å².